The lowest BCUT2D eigenvalue weighted by atomic mass is 10.1. The van der Waals surface area contributed by atoms with E-state index in [0.29, 0.717) is 25.3 Å². The van der Waals surface area contributed by atoms with Crippen LogP contribution in [0, 0.1) is 4.78 Å². The summed E-state index contributed by atoms with van der Waals surface area (Å²) in [5.74, 6) is -1.10. The van der Waals surface area contributed by atoms with Crippen molar-refractivity contribution in [2.24, 2.45) is 0 Å². The van der Waals surface area contributed by atoms with Crippen molar-refractivity contribution in [1.29, 1.82) is 4.78 Å². The fourth-order valence-electron chi connectivity index (χ4n) is 4.59. The number of benzene rings is 2. The van der Waals surface area contributed by atoms with Crippen LogP contribution in [0.25, 0.3) is 22.2 Å². The highest BCUT2D eigenvalue weighted by Crippen LogP contribution is 2.38. The first-order valence-electron chi connectivity index (χ1n) is 11.7. The Kier molecular flexibility index (Phi) is 6.71. The summed E-state index contributed by atoms with van der Waals surface area (Å²) in [4.78, 5) is 10.6. The summed E-state index contributed by atoms with van der Waals surface area (Å²) in [6, 6.07) is 15.9. The minimum Gasteiger partial charge on any atom is -0.383 e. The molecule has 2 aromatic heterocycles. The van der Waals surface area contributed by atoms with Gasteiger partial charge in [0.15, 0.2) is 0 Å². The number of imidazole rings is 1. The largest absolute Gasteiger partial charge is 0.383 e. The zero-order chi connectivity index (χ0) is 24.4. The van der Waals surface area contributed by atoms with Crippen LogP contribution in [0.1, 0.15) is 12.2 Å². The van der Waals surface area contributed by atoms with Gasteiger partial charge in [0.05, 0.1) is 13.2 Å². The first-order chi connectivity index (χ1) is 16.9. The highest BCUT2D eigenvalue weighted by Gasteiger charge is 2.39. The van der Waals surface area contributed by atoms with Crippen LogP contribution < -0.4 is 4.90 Å². The Labute approximate surface area is 205 Å². The summed E-state index contributed by atoms with van der Waals surface area (Å²) in [5, 5.41) is 1.07. The fourth-order valence-corrected chi connectivity index (χ4v) is 5.71. The number of aryl methyl sites for hydroxylation is 1. The number of fused-ring (bicyclic) bond motifs is 1. The van der Waals surface area contributed by atoms with Gasteiger partial charge in [-0.1, -0.05) is 28.9 Å². The van der Waals surface area contributed by atoms with E-state index in [1.54, 1.807) is 18.2 Å². The highest BCUT2D eigenvalue weighted by molar-refractivity contribution is 7.86. The number of para-hydroxylation sites is 1. The number of nitrogens with zero attached hydrogens (tertiary/aromatic N) is 3. The molecular formula is C26H29F2N5OS. The molecule has 2 aromatic carbocycles. The Morgan fingerprint density at radius 3 is 2.83 bits per heavy atom. The smallest absolute Gasteiger partial charge is 0.266 e. The molecule has 184 valence electrons. The molecule has 0 spiro atoms. The first-order valence-corrected chi connectivity index (χ1v) is 13.1. The van der Waals surface area contributed by atoms with Crippen molar-refractivity contribution in [1.82, 2.24) is 14.5 Å². The van der Waals surface area contributed by atoms with Gasteiger partial charge in [0.1, 0.15) is 5.82 Å². The molecule has 1 fully saturated rings. The number of halogens is 2. The van der Waals surface area contributed by atoms with E-state index in [4.69, 9.17) is 9.52 Å². The van der Waals surface area contributed by atoms with E-state index in [1.165, 1.54) is 0 Å². The van der Waals surface area contributed by atoms with Crippen LogP contribution in [-0.2, 0) is 28.4 Å². The van der Waals surface area contributed by atoms with Crippen LogP contribution in [0.4, 0.5) is 14.5 Å². The second-order valence-electron chi connectivity index (χ2n) is 8.85. The van der Waals surface area contributed by atoms with Gasteiger partial charge in [-0.15, -0.1) is 0 Å². The third-order valence-corrected chi connectivity index (χ3v) is 7.89. The van der Waals surface area contributed by atoms with Gasteiger partial charge in [0.25, 0.3) is 5.92 Å². The molecule has 9 heteroatoms. The maximum Gasteiger partial charge on any atom is 0.266 e. The third-order valence-electron chi connectivity index (χ3n) is 6.45. The third kappa shape index (κ3) is 5.16. The Morgan fingerprint density at radius 2 is 2.06 bits per heavy atom. The topological polar surface area (TPSA) is 69.9 Å². The molecular weight excluding hydrogens is 468 g/mol. The number of H-pyrrole nitrogens is 1. The number of nitrogens with one attached hydrogen (secondary N) is 2. The molecule has 0 saturated carbocycles. The Hall–Kier alpha value is -3.04. The van der Waals surface area contributed by atoms with Crippen molar-refractivity contribution in [2.75, 3.05) is 37.5 Å². The maximum atomic E-state index is 14.0. The maximum absolute atomic E-state index is 14.0. The summed E-state index contributed by atoms with van der Waals surface area (Å²) in [7, 11) is 0.902. The normalized spacial score (nSPS) is 16.3. The van der Waals surface area contributed by atoms with Gasteiger partial charge in [-0.3, -0.25) is 4.78 Å². The zero-order valence-electron chi connectivity index (χ0n) is 19.6. The van der Waals surface area contributed by atoms with Gasteiger partial charge in [0, 0.05) is 83.9 Å². The summed E-state index contributed by atoms with van der Waals surface area (Å²) in [6.07, 6.45) is 4.26. The molecule has 1 aliphatic heterocycles. The van der Waals surface area contributed by atoms with Crippen LogP contribution in [0.3, 0.4) is 0 Å². The standard InChI is InChI=1S/C26H29F2N5OS/c1-34-14-13-32-12-10-30-25(32)8-15-35(29)20-6-7-24(33-11-9-26(27,28)18-33)21(17-20)23-16-19-4-2-3-5-22(19)31-23/h2-7,10,12,16-17,29,31H,8-9,11,13-15,18H2,1H3. The van der Waals surface area contributed by atoms with Crippen molar-refractivity contribution in [3.05, 3.63) is 66.7 Å². The number of hydrogen-bond acceptors (Lipinski definition) is 4. The zero-order valence-corrected chi connectivity index (χ0v) is 20.5. The van der Waals surface area contributed by atoms with Crippen molar-refractivity contribution >= 4 is 27.3 Å². The number of alkyl halides is 2. The number of methoxy groups -OCH3 is 1. The molecule has 4 aromatic rings. The van der Waals surface area contributed by atoms with E-state index in [-0.39, 0.29) is 13.0 Å². The lowest BCUT2D eigenvalue weighted by Crippen LogP contribution is -2.25. The van der Waals surface area contributed by atoms with Crippen LogP contribution in [-0.4, -0.2) is 53.0 Å². The summed E-state index contributed by atoms with van der Waals surface area (Å²) >= 11 is 0. The minimum atomic E-state index is -2.68. The predicted molar refractivity (Wildman–Crippen MR) is 137 cm³/mol. The number of aromatic nitrogens is 3. The highest BCUT2D eigenvalue weighted by atomic mass is 32.2. The monoisotopic (exact) mass is 497 g/mol. The average Bonchev–Trinajstić information content (AvgIpc) is 3.58. The number of rotatable bonds is 9. The van der Waals surface area contributed by atoms with Crippen molar-refractivity contribution in [2.45, 2.75) is 30.2 Å². The molecule has 0 bridgehead atoms. The molecule has 3 heterocycles. The van der Waals surface area contributed by atoms with Crippen LogP contribution in [0.2, 0.25) is 0 Å². The van der Waals surface area contributed by atoms with Crippen LogP contribution >= 0.6 is 0 Å². The molecule has 5 rings (SSSR count). The Bertz CT molecular complexity index is 1320. The van der Waals surface area contributed by atoms with E-state index in [2.05, 4.69) is 20.6 Å². The quantitative estimate of drug-likeness (QED) is 0.321. The number of aromatic amines is 1. The molecule has 2 N–H and O–H groups in total. The van der Waals surface area contributed by atoms with E-state index in [9.17, 15) is 8.78 Å². The van der Waals surface area contributed by atoms with Gasteiger partial charge >= 0.3 is 0 Å². The summed E-state index contributed by atoms with van der Waals surface area (Å²) in [6.45, 7) is 1.38. The average molecular weight is 498 g/mol. The Balaban J connectivity index is 1.43. The van der Waals surface area contributed by atoms with Crippen molar-refractivity contribution < 1.29 is 13.5 Å². The fraction of sp³-hybridized carbons (Fsp3) is 0.346. The lowest BCUT2D eigenvalue weighted by molar-refractivity contribution is 0.0257. The molecule has 1 unspecified atom stereocenters. The van der Waals surface area contributed by atoms with Crippen LogP contribution in [0.15, 0.2) is 65.8 Å². The van der Waals surface area contributed by atoms with Crippen LogP contribution in [0.5, 0.6) is 0 Å². The van der Waals surface area contributed by atoms with E-state index in [1.807, 2.05) is 48.7 Å². The summed E-state index contributed by atoms with van der Waals surface area (Å²) < 4.78 is 44.2. The second-order valence-corrected chi connectivity index (χ2v) is 10.5. The molecule has 1 saturated heterocycles. The molecule has 1 atom stereocenters. The number of anilines is 1. The molecule has 0 amide bonds. The van der Waals surface area contributed by atoms with Gasteiger partial charge in [-0.25, -0.2) is 13.8 Å². The molecule has 1 aliphatic rings. The first kappa shape index (κ1) is 23.7. The van der Waals surface area contributed by atoms with Gasteiger partial charge < -0.3 is 19.2 Å². The summed E-state index contributed by atoms with van der Waals surface area (Å²) in [5.41, 5.74) is 3.52. The van der Waals surface area contributed by atoms with E-state index >= 15 is 0 Å². The van der Waals surface area contributed by atoms with E-state index in [0.717, 1.165) is 45.1 Å². The van der Waals surface area contributed by atoms with Gasteiger partial charge in [-0.2, -0.15) is 0 Å². The van der Waals surface area contributed by atoms with Crippen molar-refractivity contribution in [3.63, 3.8) is 0 Å². The van der Waals surface area contributed by atoms with Crippen molar-refractivity contribution in [3.8, 4) is 11.3 Å². The lowest BCUT2D eigenvalue weighted by Gasteiger charge is -2.22. The minimum absolute atomic E-state index is 0.139. The van der Waals surface area contributed by atoms with Gasteiger partial charge in [0.2, 0.25) is 0 Å². The molecule has 0 radical (unpaired) electrons. The number of ether oxygens (including phenoxy) is 1. The van der Waals surface area contributed by atoms with E-state index < -0.39 is 16.6 Å². The molecule has 35 heavy (non-hydrogen) atoms. The Morgan fingerprint density at radius 1 is 1.20 bits per heavy atom. The van der Waals surface area contributed by atoms with Gasteiger partial charge in [-0.05, 0) is 30.3 Å². The number of hydrogen-bond donors (Lipinski definition) is 2. The second kappa shape index (κ2) is 9.91. The molecule has 6 nitrogen and oxygen atoms in total. The predicted octanol–water partition coefficient (Wildman–Crippen LogP) is 5.51. The molecule has 0 aliphatic carbocycles. The SMILES string of the molecule is COCCn1ccnc1CCS(=N)c1ccc(N2CCC(F)(F)C2)c(-c2cc3ccccc3[nH]2)c1.